The zero-order valence-corrected chi connectivity index (χ0v) is 34.5. The topological polar surface area (TPSA) is 113 Å². The van der Waals surface area contributed by atoms with Crippen LogP contribution in [0.1, 0.15) is 119 Å². The van der Waals surface area contributed by atoms with Gasteiger partial charge in [0.25, 0.3) is 0 Å². The van der Waals surface area contributed by atoms with E-state index < -0.39 is 69.2 Å². The molecule has 11 nitrogen and oxygen atoms in total. The van der Waals surface area contributed by atoms with Crippen molar-refractivity contribution in [2.24, 2.45) is 0 Å². The molecule has 2 saturated heterocycles. The summed E-state index contributed by atoms with van der Waals surface area (Å²) in [6.07, 6.45) is 4.45. The molecular formula is C37H74O11P2. The zero-order valence-electron chi connectivity index (χ0n) is 32.5. The molecule has 1 N–H and O–H groups in total. The van der Waals surface area contributed by atoms with Crippen LogP contribution in [0.2, 0.25) is 0 Å². The highest BCUT2D eigenvalue weighted by atomic mass is 32.0. The molecule has 50 heavy (non-hydrogen) atoms. The smallest absolute Gasteiger partial charge is 0.191 e. The van der Waals surface area contributed by atoms with Crippen molar-refractivity contribution in [1.82, 2.24) is 0 Å². The van der Waals surface area contributed by atoms with Crippen LogP contribution in [0, 0.1) is 0 Å². The standard InChI is InChI=1S/C37H74O11P2/c1-8-14-20-39-26-28-31(41-22-16-10-3)33(43-24-18-12-5)30(38)36(45-28)47-35-34(44-25-19-13-6)32(42-23-17-11-4)29(27-40-21-15-9-2)46-37(35)48-50(7)49/h28-38H,8-27,49H2,1-7H3/t28?,29?,30?,31-,32-,33-,34+,35?,36-,37-,50?/m1/s1. The predicted octanol–water partition coefficient (Wildman–Crippen LogP) is 7.39. The van der Waals surface area contributed by atoms with Crippen LogP contribution >= 0.6 is 16.8 Å². The van der Waals surface area contributed by atoms with E-state index in [-0.39, 0.29) is 0 Å². The van der Waals surface area contributed by atoms with E-state index in [0.29, 0.717) is 52.9 Å². The monoisotopic (exact) mass is 756 g/mol. The number of hydrogen-bond acceptors (Lipinski definition) is 11. The summed E-state index contributed by atoms with van der Waals surface area (Å²) in [5, 5.41) is 12.0. The van der Waals surface area contributed by atoms with E-state index in [4.69, 9.17) is 47.2 Å². The van der Waals surface area contributed by atoms with Crippen LogP contribution in [-0.4, -0.2) is 126 Å². The molecule has 0 saturated carbocycles. The van der Waals surface area contributed by atoms with Crippen LogP contribution in [0.3, 0.4) is 0 Å². The summed E-state index contributed by atoms with van der Waals surface area (Å²) in [6.45, 7) is 18.8. The molecule has 0 aromatic rings. The van der Waals surface area contributed by atoms with Gasteiger partial charge < -0.3 is 52.3 Å². The molecule has 13 heteroatoms. The lowest BCUT2D eigenvalue weighted by atomic mass is 9.96. The second-order valence-electron chi connectivity index (χ2n) is 13.4. The molecule has 0 spiro atoms. The Morgan fingerprint density at radius 3 is 1.34 bits per heavy atom. The van der Waals surface area contributed by atoms with Crippen molar-refractivity contribution in [3.63, 3.8) is 0 Å². The quantitative estimate of drug-likeness (QED) is 0.0585. The van der Waals surface area contributed by atoms with Gasteiger partial charge in [-0.25, -0.2) is 0 Å². The highest BCUT2D eigenvalue weighted by Gasteiger charge is 2.54. The number of aliphatic hydroxyl groups excluding tert-OH is 1. The lowest BCUT2D eigenvalue weighted by Crippen LogP contribution is -2.66. The van der Waals surface area contributed by atoms with Gasteiger partial charge in [0.2, 0.25) is 0 Å². The van der Waals surface area contributed by atoms with Gasteiger partial charge >= 0.3 is 0 Å². The summed E-state index contributed by atoms with van der Waals surface area (Å²) >= 11 is 0. The van der Waals surface area contributed by atoms with Crippen molar-refractivity contribution in [2.45, 2.75) is 180 Å². The third kappa shape index (κ3) is 16.8. The first-order chi connectivity index (χ1) is 24.4. The predicted molar refractivity (Wildman–Crippen MR) is 202 cm³/mol. The molecule has 0 aromatic carbocycles. The van der Waals surface area contributed by atoms with Gasteiger partial charge in [0.05, 0.1) is 13.2 Å². The Kier molecular flexibility index (Phi) is 26.8. The molecule has 2 fully saturated rings. The fraction of sp³-hybridized carbons (Fsp3) is 1.00. The first-order valence-corrected chi connectivity index (χ1v) is 23.1. The molecule has 2 heterocycles. The summed E-state index contributed by atoms with van der Waals surface area (Å²) in [5.74, 6) is 0. The number of aliphatic hydroxyl groups is 1. The fourth-order valence-electron chi connectivity index (χ4n) is 5.83. The molecule has 2 aliphatic heterocycles. The molecule has 0 radical (unpaired) electrons. The van der Waals surface area contributed by atoms with E-state index in [1.807, 2.05) is 6.66 Å². The number of unbranched alkanes of at least 4 members (excludes halogenated alkanes) is 6. The Morgan fingerprint density at radius 1 is 0.520 bits per heavy atom. The molecule has 2 aliphatic rings. The van der Waals surface area contributed by atoms with Crippen LogP contribution in [-0.2, 0) is 47.2 Å². The van der Waals surface area contributed by atoms with Gasteiger partial charge in [-0.3, -0.25) is 0 Å². The molecule has 0 aromatic heterocycles. The second kappa shape index (κ2) is 28.8. The van der Waals surface area contributed by atoms with Crippen molar-refractivity contribution < 1.29 is 52.3 Å². The first kappa shape index (κ1) is 46.6. The van der Waals surface area contributed by atoms with E-state index in [1.54, 1.807) is 0 Å². The molecule has 0 aliphatic carbocycles. The Labute approximate surface area is 308 Å². The lowest BCUT2D eigenvalue weighted by Gasteiger charge is -2.49. The molecule has 0 amide bonds. The zero-order chi connectivity index (χ0) is 36.6. The van der Waals surface area contributed by atoms with Gasteiger partial charge in [-0.1, -0.05) is 89.0 Å². The second-order valence-corrected chi connectivity index (χ2v) is 16.9. The Morgan fingerprint density at radius 2 is 0.900 bits per heavy atom. The minimum Gasteiger partial charge on any atom is -0.385 e. The van der Waals surface area contributed by atoms with Crippen LogP contribution in [0.25, 0.3) is 0 Å². The molecule has 6 unspecified atom stereocenters. The number of ether oxygens (including phenoxy) is 9. The molecule has 12 atom stereocenters. The van der Waals surface area contributed by atoms with Crippen LogP contribution in [0.5, 0.6) is 0 Å². The van der Waals surface area contributed by atoms with E-state index in [1.165, 1.54) is 0 Å². The van der Waals surface area contributed by atoms with Crippen LogP contribution in [0.15, 0.2) is 0 Å². The maximum Gasteiger partial charge on any atom is 0.191 e. The summed E-state index contributed by atoms with van der Waals surface area (Å²) in [6, 6.07) is 0. The number of hydrogen-bond donors (Lipinski definition) is 1. The minimum atomic E-state index is -1.14. The Hall–Kier alpha value is 0.420. The van der Waals surface area contributed by atoms with Gasteiger partial charge in [0.15, 0.2) is 12.6 Å². The van der Waals surface area contributed by atoms with E-state index in [0.717, 1.165) is 77.0 Å². The normalized spacial score (nSPS) is 30.9. The van der Waals surface area contributed by atoms with Gasteiger partial charge in [-0.2, -0.15) is 0 Å². The summed E-state index contributed by atoms with van der Waals surface area (Å²) in [5.41, 5.74) is 0. The van der Waals surface area contributed by atoms with Gasteiger partial charge in [0, 0.05) is 47.5 Å². The highest BCUT2D eigenvalue weighted by Crippen LogP contribution is 2.46. The Balaban J connectivity index is 2.49. The van der Waals surface area contributed by atoms with E-state index in [9.17, 15) is 5.11 Å². The number of rotatable bonds is 30. The van der Waals surface area contributed by atoms with Crippen LogP contribution in [0.4, 0.5) is 0 Å². The lowest BCUT2D eigenvalue weighted by molar-refractivity contribution is -0.368. The van der Waals surface area contributed by atoms with Crippen LogP contribution < -0.4 is 0 Å². The fourth-order valence-corrected chi connectivity index (χ4v) is 6.69. The van der Waals surface area contributed by atoms with Gasteiger partial charge in [-0.05, 0) is 45.2 Å². The molecular weight excluding hydrogens is 682 g/mol. The largest absolute Gasteiger partial charge is 0.385 e. The maximum absolute atomic E-state index is 12.0. The van der Waals surface area contributed by atoms with Crippen molar-refractivity contribution in [2.75, 3.05) is 59.5 Å². The van der Waals surface area contributed by atoms with Crippen molar-refractivity contribution in [3.05, 3.63) is 0 Å². The van der Waals surface area contributed by atoms with Gasteiger partial charge in [0.1, 0.15) is 48.8 Å². The summed E-state index contributed by atoms with van der Waals surface area (Å²) < 4.78 is 64.7. The van der Waals surface area contributed by atoms with E-state index in [2.05, 4.69) is 50.5 Å². The third-order valence-corrected chi connectivity index (χ3v) is 9.75. The average Bonchev–Trinajstić information content (AvgIpc) is 3.09. The average molecular weight is 757 g/mol. The molecule has 0 bridgehead atoms. The highest BCUT2D eigenvalue weighted by molar-refractivity contribution is 8.10. The summed E-state index contributed by atoms with van der Waals surface area (Å²) in [7, 11) is 1.80. The SMILES string of the molecule is CCCCOCC1O[C@H](OC2[C@@H](OP(C)P)OC(COCCCC)[C@@H](OCCCC)[C@@H]2OCCCC)C(O)[C@@H](OCCCC)[C@@H]1OCCCC. The third-order valence-electron chi connectivity index (χ3n) is 8.85. The first-order valence-electron chi connectivity index (χ1n) is 19.8. The molecule has 2 rings (SSSR count). The maximum atomic E-state index is 12.0. The Bertz CT molecular complexity index is 801. The van der Waals surface area contributed by atoms with E-state index >= 15 is 0 Å². The minimum absolute atomic E-state index is 0.292. The molecule has 298 valence electrons. The van der Waals surface area contributed by atoms with Gasteiger partial charge in [-0.15, -0.1) is 0 Å². The van der Waals surface area contributed by atoms with Crippen molar-refractivity contribution in [1.29, 1.82) is 0 Å². The van der Waals surface area contributed by atoms with Crippen molar-refractivity contribution >= 4 is 16.8 Å². The summed E-state index contributed by atoms with van der Waals surface area (Å²) in [4.78, 5) is 0. The van der Waals surface area contributed by atoms with Crippen molar-refractivity contribution in [3.8, 4) is 0 Å².